The summed E-state index contributed by atoms with van der Waals surface area (Å²) in [7, 11) is 0. The molecule has 3 aromatic rings. The van der Waals surface area contributed by atoms with Crippen LogP contribution in [0.25, 0.3) is 5.65 Å². The quantitative estimate of drug-likeness (QED) is 0.418. The molecule has 1 aliphatic heterocycles. The van der Waals surface area contributed by atoms with Gasteiger partial charge in [-0.15, -0.1) is 10.2 Å². The highest BCUT2D eigenvalue weighted by Gasteiger charge is 2.38. The Morgan fingerprint density at radius 3 is 2.76 bits per heavy atom. The standard InChI is InChI=1S/C20H20F3N7O4/c21-20(22,23)15-7-24-19(26-18(15)34-14-9-33-10-14)25-12-3-1-2-11(6-12)17-28-27-16-5-4-13(30(31)32)8-29(16)17/h4-5,7-8,11-12,14H,1-3,6,9-10H2,(H,24,25,26)/t11-,12+/m0/s1. The minimum absolute atomic E-state index is 0.0376. The average Bonchev–Trinajstić information content (AvgIpc) is 3.19. The topological polar surface area (TPSA) is 130 Å². The second kappa shape index (κ2) is 8.66. The van der Waals surface area contributed by atoms with Crippen LogP contribution in [0.2, 0.25) is 0 Å². The number of halogens is 3. The van der Waals surface area contributed by atoms with Gasteiger partial charge in [-0.25, -0.2) is 4.98 Å². The summed E-state index contributed by atoms with van der Waals surface area (Å²) in [6.45, 7) is 0.414. The summed E-state index contributed by atoms with van der Waals surface area (Å²) in [5, 5.41) is 22.6. The summed E-state index contributed by atoms with van der Waals surface area (Å²) in [6.07, 6.45) is -0.0599. The summed E-state index contributed by atoms with van der Waals surface area (Å²) in [4.78, 5) is 18.5. The molecular formula is C20H20F3N7O4. The van der Waals surface area contributed by atoms with Crippen molar-refractivity contribution in [3.63, 3.8) is 0 Å². The van der Waals surface area contributed by atoms with E-state index in [-0.39, 0.29) is 36.8 Å². The Morgan fingerprint density at radius 1 is 1.24 bits per heavy atom. The van der Waals surface area contributed by atoms with Crippen molar-refractivity contribution in [3.8, 4) is 5.88 Å². The van der Waals surface area contributed by atoms with E-state index in [0.29, 0.717) is 17.9 Å². The van der Waals surface area contributed by atoms with Crippen molar-refractivity contribution in [1.29, 1.82) is 0 Å². The number of pyridine rings is 1. The second-order valence-corrected chi connectivity index (χ2v) is 8.32. The highest BCUT2D eigenvalue weighted by Crippen LogP contribution is 2.37. The molecule has 4 heterocycles. The fourth-order valence-corrected chi connectivity index (χ4v) is 4.18. The average molecular weight is 479 g/mol. The van der Waals surface area contributed by atoms with Crippen LogP contribution in [0.15, 0.2) is 24.5 Å². The number of fused-ring (bicyclic) bond motifs is 1. The SMILES string of the molecule is O=[N+]([O-])c1ccc2nnc([C@H]3CCC[C@@H](Nc4ncc(C(F)(F)F)c(OC5COC5)n4)C3)n2c1. The van der Waals surface area contributed by atoms with Crippen LogP contribution in [-0.2, 0) is 10.9 Å². The zero-order valence-corrected chi connectivity index (χ0v) is 17.7. The van der Waals surface area contributed by atoms with Crippen LogP contribution in [0.1, 0.15) is 43.0 Å². The zero-order valence-electron chi connectivity index (χ0n) is 17.7. The molecule has 14 heteroatoms. The summed E-state index contributed by atoms with van der Waals surface area (Å²) in [5.41, 5.74) is -0.604. The van der Waals surface area contributed by atoms with Crippen molar-refractivity contribution < 1.29 is 27.6 Å². The lowest BCUT2D eigenvalue weighted by Gasteiger charge is -2.29. The zero-order chi connectivity index (χ0) is 23.9. The van der Waals surface area contributed by atoms with Crippen molar-refractivity contribution in [1.82, 2.24) is 24.6 Å². The molecule has 180 valence electrons. The van der Waals surface area contributed by atoms with Crippen molar-refractivity contribution in [3.05, 3.63) is 46.0 Å². The van der Waals surface area contributed by atoms with Crippen LogP contribution < -0.4 is 10.1 Å². The van der Waals surface area contributed by atoms with Gasteiger partial charge in [0.2, 0.25) is 11.8 Å². The number of nitrogens with zero attached hydrogens (tertiary/aromatic N) is 6. The highest BCUT2D eigenvalue weighted by atomic mass is 19.4. The monoisotopic (exact) mass is 479 g/mol. The van der Waals surface area contributed by atoms with E-state index in [0.717, 1.165) is 25.5 Å². The van der Waals surface area contributed by atoms with E-state index in [9.17, 15) is 23.3 Å². The molecule has 1 aliphatic carbocycles. The van der Waals surface area contributed by atoms with Crippen LogP contribution in [0.3, 0.4) is 0 Å². The Bertz CT molecular complexity index is 1210. The molecule has 2 atom stereocenters. The molecule has 1 saturated heterocycles. The third kappa shape index (κ3) is 4.44. The van der Waals surface area contributed by atoms with Gasteiger partial charge in [0.15, 0.2) is 5.65 Å². The molecule has 3 aromatic heterocycles. The third-order valence-electron chi connectivity index (χ3n) is 5.94. The first-order valence-electron chi connectivity index (χ1n) is 10.7. The lowest BCUT2D eigenvalue weighted by molar-refractivity contribution is -0.385. The fraction of sp³-hybridized carbons (Fsp3) is 0.500. The van der Waals surface area contributed by atoms with Crippen molar-refractivity contribution >= 4 is 17.3 Å². The Kier molecular flexibility index (Phi) is 5.67. The smallest absolute Gasteiger partial charge is 0.423 e. The van der Waals surface area contributed by atoms with Gasteiger partial charge in [-0.2, -0.15) is 18.2 Å². The van der Waals surface area contributed by atoms with Crippen molar-refractivity contribution in [2.75, 3.05) is 18.5 Å². The van der Waals surface area contributed by atoms with E-state index in [1.165, 1.54) is 18.3 Å². The molecular weight excluding hydrogens is 459 g/mol. The molecule has 0 unspecified atom stereocenters. The minimum atomic E-state index is -4.65. The number of hydrogen-bond acceptors (Lipinski definition) is 9. The molecule has 1 N–H and O–H groups in total. The van der Waals surface area contributed by atoms with Crippen LogP contribution in [0.5, 0.6) is 5.88 Å². The van der Waals surface area contributed by atoms with Gasteiger partial charge in [0.1, 0.15) is 17.5 Å². The van der Waals surface area contributed by atoms with E-state index in [4.69, 9.17) is 9.47 Å². The van der Waals surface area contributed by atoms with Gasteiger partial charge in [-0.05, 0) is 25.3 Å². The molecule has 2 aliphatic rings. The normalized spacial score (nSPS) is 21.3. The molecule has 2 fully saturated rings. The van der Waals surface area contributed by atoms with E-state index >= 15 is 0 Å². The van der Waals surface area contributed by atoms with Gasteiger partial charge in [0, 0.05) is 24.2 Å². The minimum Gasteiger partial charge on any atom is -0.469 e. The number of nitro groups is 1. The van der Waals surface area contributed by atoms with E-state index in [2.05, 4.69) is 25.5 Å². The van der Waals surface area contributed by atoms with Gasteiger partial charge < -0.3 is 14.8 Å². The largest absolute Gasteiger partial charge is 0.469 e. The van der Waals surface area contributed by atoms with Gasteiger partial charge in [0.05, 0.1) is 24.3 Å². The van der Waals surface area contributed by atoms with Crippen LogP contribution in [0, 0.1) is 10.1 Å². The first kappa shape index (κ1) is 22.3. The first-order chi connectivity index (χ1) is 16.3. The van der Waals surface area contributed by atoms with Crippen molar-refractivity contribution in [2.24, 2.45) is 0 Å². The molecule has 1 saturated carbocycles. The fourth-order valence-electron chi connectivity index (χ4n) is 4.18. The Balaban J connectivity index is 1.35. The number of ether oxygens (including phenoxy) is 2. The molecule has 5 rings (SSSR count). The lowest BCUT2D eigenvalue weighted by atomic mass is 9.85. The number of hydrogen-bond donors (Lipinski definition) is 1. The number of nitrogens with one attached hydrogen (secondary N) is 1. The number of anilines is 1. The van der Waals surface area contributed by atoms with Gasteiger partial charge in [0.25, 0.3) is 5.69 Å². The summed E-state index contributed by atoms with van der Waals surface area (Å²) < 4.78 is 52.0. The Labute approximate surface area is 190 Å². The highest BCUT2D eigenvalue weighted by molar-refractivity contribution is 5.44. The van der Waals surface area contributed by atoms with Gasteiger partial charge in [-0.1, -0.05) is 6.42 Å². The van der Waals surface area contributed by atoms with Gasteiger partial charge in [-0.3, -0.25) is 14.5 Å². The molecule has 0 bridgehead atoms. The Hall–Kier alpha value is -3.55. The van der Waals surface area contributed by atoms with E-state index < -0.39 is 28.6 Å². The molecule has 0 amide bonds. The molecule has 0 aromatic carbocycles. The summed E-state index contributed by atoms with van der Waals surface area (Å²) >= 11 is 0. The van der Waals surface area contributed by atoms with E-state index in [1.807, 2.05) is 0 Å². The number of aromatic nitrogens is 5. The predicted octanol–water partition coefficient (Wildman–Crippen LogP) is 3.36. The first-order valence-corrected chi connectivity index (χ1v) is 10.7. The maximum absolute atomic E-state index is 13.4. The number of rotatable bonds is 6. The maximum Gasteiger partial charge on any atom is 0.423 e. The van der Waals surface area contributed by atoms with Gasteiger partial charge >= 0.3 is 6.18 Å². The lowest BCUT2D eigenvalue weighted by Crippen LogP contribution is -2.39. The Morgan fingerprint density at radius 2 is 2.06 bits per heavy atom. The number of alkyl halides is 3. The van der Waals surface area contributed by atoms with Crippen LogP contribution >= 0.6 is 0 Å². The summed E-state index contributed by atoms with van der Waals surface area (Å²) in [6, 6.07) is 2.77. The van der Waals surface area contributed by atoms with Crippen LogP contribution in [0.4, 0.5) is 24.8 Å². The second-order valence-electron chi connectivity index (χ2n) is 8.32. The van der Waals surface area contributed by atoms with Crippen molar-refractivity contribution in [2.45, 2.75) is 49.9 Å². The van der Waals surface area contributed by atoms with Crippen LogP contribution in [-0.4, -0.2) is 54.8 Å². The molecule has 34 heavy (non-hydrogen) atoms. The molecule has 0 spiro atoms. The molecule has 11 nitrogen and oxygen atoms in total. The molecule has 0 radical (unpaired) electrons. The third-order valence-corrected chi connectivity index (χ3v) is 5.94. The summed E-state index contributed by atoms with van der Waals surface area (Å²) in [5.74, 6) is 0.0603. The van der Waals surface area contributed by atoms with E-state index in [1.54, 1.807) is 4.40 Å². The maximum atomic E-state index is 13.4. The predicted molar refractivity (Wildman–Crippen MR) is 111 cm³/mol.